The summed E-state index contributed by atoms with van der Waals surface area (Å²) in [6.07, 6.45) is 6.26. The summed E-state index contributed by atoms with van der Waals surface area (Å²) in [5, 5.41) is 17.5. The second-order valence-corrected chi connectivity index (χ2v) is 10.1. The van der Waals surface area contributed by atoms with Gasteiger partial charge in [0.25, 0.3) is 0 Å². The van der Waals surface area contributed by atoms with Crippen LogP contribution in [0.2, 0.25) is 0 Å². The summed E-state index contributed by atoms with van der Waals surface area (Å²) in [5.41, 5.74) is 1.17. The lowest BCUT2D eigenvalue weighted by atomic mass is 9.93. The molecule has 1 aromatic rings. The van der Waals surface area contributed by atoms with Crippen LogP contribution in [0.1, 0.15) is 57.9 Å². The van der Waals surface area contributed by atoms with Crippen molar-refractivity contribution in [2.45, 2.75) is 69.5 Å². The minimum atomic E-state index is -0.249. The molecule has 0 aromatic heterocycles. The SMILES string of the molecule is C=CC(CSC(C)(NC)NC1CC(C)CCC(C(C)O)C1)c1ccccc1OC. The van der Waals surface area contributed by atoms with Crippen LogP contribution in [0.15, 0.2) is 36.9 Å². The van der Waals surface area contributed by atoms with Gasteiger partial charge in [-0.25, -0.2) is 0 Å². The Balaban J connectivity index is 2.06. The Labute approximate surface area is 181 Å². The van der Waals surface area contributed by atoms with Crippen molar-refractivity contribution < 1.29 is 9.84 Å². The van der Waals surface area contributed by atoms with Crippen LogP contribution in [-0.4, -0.2) is 42.2 Å². The lowest BCUT2D eigenvalue weighted by Gasteiger charge is -2.36. The van der Waals surface area contributed by atoms with E-state index in [1.165, 1.54) is 12.0 Å². The molecule has 0 bridgehead atoms. The number of allylic oxidation sites excluding steroid dienone is 1. The second kappa shape index (κ2) is 11.4. The number of hydrogen-bond donors (Lipinski definition) is 3. The molecule has 0 saturated heterocycles. The molecule has 1 fully saturated rings. The first kappa shape index (κ1) is 24.3. The highest BCUT2D eigenvalue weighted by Crippen LogP contribution is 2.35. The molecule has 1 aliphatic carbocycles. The average molecular weight is 421 g/mol. The highest BCUT2D eigenvalue weighted by atomic mass is 32.2. The fourth-order valence-corrected chi connectivity index (χ4v) is 5.55. The van der Waals surface area contributed by atoms with Gasteiger partial charge in [0, 0.05) is 23.3 Å². The van der Waals surface area contributed by atoms with Crippen LogP contribution in [0.3, 0.4) is 0 Å². The number of aliphatic hydroxyl groups is 1. The standard InChI is InChI=1S/C24H40N2O2S/c1-7-19(22-10-8-9-11-23(22)28-6)16-29-24(4,25-5)26-21-14-17(2)12-13-20(15-21)18(3)27/h7-11,17-21,25-27H,1,12-16H2,2-6H3. The lowest BCUT2D eigenvalue weighted by molar-refractivity contribution is 0.109. The molecule has 6 unspecified atom stereocenters. The van der Waals surface area contributed by atoms with Crippen LogP contribution in [0, 0.1) is 11.8 Å². The van der Waals surface area contributed by atoms with Gasteiger partial charge < -0.3 is 9.84 Å². The maximum Gasteiger partial charge on any atom is 0.122 e. The molecule has 2 rings (SSSR count). The molecular formula is C24H40N2O2S. The normalized spacial score (nSPS) is 26.8. The Morgan fingerprint density at radius 1 is 1.34 bits per heavy atom. The van der Waals surface area contributed by atoms with Gasteiger partial charge in [-0.1, -0.05) is 37.6 Å². The van der Waals surface area contributed by atoms with E-state index in [-0.39, 0.29) is 17.0 Å². The third-order valence-corrected chi connectivity index (χ3v) is 7.74. The molecule has 6 atom stereocenters. The molecule has 1 aromatic carbocycles. The van der Waals surface area contributed by atoms with E-state index in [1.54, 1.807) is 7.11 Å². The Morgan fingerprint density at radius 3 is 2.69 bits per heavy atom. The molecule has 164 valence electrons. The molecule has 0 heterocycles. The van der Waals surface area contributed by atoms with Crippen molar-refractivity contribution in [2.75, 3.05) is 19.9 Å². The third-order valence-electron chi connectivity index (χ3n) is 6.32. The van der Waals surface area contributed by atoms with Gasteiger partial charge in [-0.2, -0.15) is 0 Å². The minimum absolute atomic E-state index is 0.212. The number of ether oxygens (including phenoxy) is 1. The van der Waals surface area contributed by atoms with Gasteiger partial charge in [-0.15, -0.1) is 18.3 Å². The van der Waals surface area contributed by atoms with Crippen molar-refractivity contribution in [1.82, 2.24) is 10.6 Å². The molecule has 29 heavy (non-hydrogen) atoms. The summed E-state index contributed by atoms with van der Waals surface area (Å²) < 4.78 is 5.56. The smallest absolute Gasteiger partial charge is 0.122 e. The van der Waals surface area contributed by atoms with E-state index in [0.717, 1.165) is 30.8 Å². The maximum absolute atomic E-state index is 10.2. The first-order valence-corrected chi connectivity index (χ1v) is 11.8. The number of benzene rings is 1. The molecule has 1 aliphatic rings. The number of nitrogens with one attached hydrogen (secondary N) is 2. The summed E-state index contributed by atoms with van der Waals surface area (Å²) in [7, 11) is 3.73. The molecule has 0 aliphatic heterocycles. The summed E-state index contributed by atoms with van der Waals surface area (Å²) in [4.78, 5) is -0.249. The monoisotopic (exact) mass is 420 g/mol. The Morgan fingerprint density at radius 2 is 2.07 bits per heavy atom. The van der Waals surface area contributed by atoms with Crippen LogP contribution in [0.4, 0.5) is 0 Å². The molecule has 4 nitrogen and oxygen atoms in total. The van der Waals surface area contributed by atoms with E-state index in [1.807, 2.05) is 43.9 Å². The van der Waals surface area contributed by atoms with Crippen LogP contribution in [0.5, 0.6) is 5.75 Å². The number of methoxy groups -OCH3 is 1. The molecule has 0 radical (unpaired) electrons. The first-order chi connectivity index (χ1) is 13.8. The van der Waals surface area contributed by atoms with Gasteiger partial charge in [0.2, 0.25) is 0 Å². The van der Waals surface area contributed by atoms with Gasteiger partial charge in [0.05, 0.1) is 13.2 Å². The largest absolute Gasteiger partial charge is 0.496 e. The van der Waals surface area contributed by atoms with Gasteiger partial charge in [-0.05, 0) is 58.1 Å². The van der Waals surface area contributed by atoms with E-state index in [4.69, 9.17) is 4.74 Å². The van der Waals surface area contributed by atoms with Crippen LogP contribution in [0.25, 0.3) is 0 Å². The number of aliphatic hydroxyl groups excluding tert-OH is 1. The van der Waals surface area contributed by atoms with Crippen molar-refractivity contribution in [3.8, 4) is 5.75 Å². The predicted octanol–water partition coefficient (Wildman–Crippen LogP) is 4.76. The van der Waals surface area contributed by atoms with Crippen molar-refractivity contribution in [1.29, 1.82) is 0 Å². The molecular weight excluding hydrogens is 380 g/mol. The second-order valence-electron chi connectivity index (χ2n) is 8.67. The van der Waals surface area contributed by atoms with Gasteiger partial charge in [-0.3, -0.25) is 10.6 Å². The lowest BCUT2D eigenvalue weighted by Crippen LogP contribution is -2.55. The zero-order chi connectivity index (χ0) is 21.4. The zero-order valence-corrected chi connectivity index (χ0v) is 19.6. The quantitative estimate of drug-likeness (QED) is 0.290. The molecule has 0 spiro atoms. The number of thioether (sulfide) groups is 1. The molecule has 5 heteroatoms. The van der Waals surface area contributed by atoms with Gasteiger partial charge in [0.1, 0.15) is 10.7 Å². The average Bonchev–Trinajstić information content (AvgIpc) is 2.89. The minimum Gasteiger partial charge on any atom is -0.496 e. The highest BCUT2D eigenvalue weighted by molar-refractivity contribution is 8.00. The Kier molecular flexibility index (Phi) is 9.54. The topological polar surface area (TPSA) is 53.5 Å². The number of hydrogen-bond acceptors (Lipinski definition) is 5. The number of rotatable bonds is 10. The summed E-state index contributed by atoms with van der Waals surface area (Å²) >= 11 is 1.87. The summed E-state index contributed by atoms with van der Waals surface area (Å²) in [6, 6.07) is 8.58. The van der Waals surface area contributed by atoms with E-state index < -0.39 is 0 Å². The Hall–Kier alpha value is -1.01. The summed E-state index contributed by atoms with van der Waals surface area (Å²) in [6.45, 7) is 10.6. The Bertz CT molecular complexity index is 639. The molecule has 1 saturated carbocycles. The summed E-state index contributed by atoms with van der Waals surface area (Å²) in [5.74, 6) is 3.07. The highest BCUT2D eigenvalue weighted by Gasteiger charge is 2.32. The van der Waals surface area contributed by atoms with Crippen molar-refractivity contribution >= 4 is 11.8 Å². The molecule has 0 amide bonds. The first-order valence-electron chi connectivity index (χ1n) is 10.9. The van der Waals surface area contributed by atoms with Gasteiger partial charge in [0.15, 0.2) is 0 Å². The third kappa shape index (κ3) is 7.02. The fraction of sp³-hybridized carbons (Fsp3) is 0.667. The van der Waals surface area contributed by atoms with Crippen LogP contribution < -0.4 is 15.4 Å². The van der Waals surface area contributed by atoms with E-state index in [9.17, 15) is 5.11 Å². The van der Waals surface area contributed by atoms with Crippen molar-refractivity contribution in [3.63, 3.8) is 0 Å². The van der Waals surface area contributed by atoms with Crippen molar-refractivity contribution in [3.05, 3.63) is 42.5 Å². The maximum atomic E-state index is 10.2. The van der Waals surface area contributed by atoms with E-state index in [0.29, 0.717) is 17.9 Å². The zero-order valence-electron chi connectivity index (χ0n) is 18.8. The van der Waals surface area contributed by atoms with Gasteiger partial charge >= 0.3 is 0 Å². The predicted molar refractivity (Wildman–Crippen MR) is 126 cm³/mol. The fourth-order valence-electron chi connectivity index (χ4n) is 4.33. The van der Waals surface area contributed by atoms with Crippen molar-refractivity contribution in [2.24, 2.45) is 11.8 Å². The number of para-hydroxylation sites is 1. The van der Waals surface area contributed by atoms with Crippen LogP contribution in [-0.2, 0) is 0 Å². The molecule has 3 N–H and O–H groups in total. The van der Waals surface area contributed by atoms with Crippen LogP contribution >= 0.6 is 11.8 Å². The van der Waals surface area contributed by atoms with E-state index >= 15 is 0 Å². The van der Waals surface area contributed by atoms with E-state index in [2.05, 4.69) is 43.2 Å².